The second-order valence-corrected chi connectivity index (χ2v) is 16.7. The molecule has 7 rings (SSSR count). The Balaban J connectivity index is 1.04. The van der Waals surface area contributed by atoms with Gasteiger partial charge >= 0.3 is 12.2 Å². The summed E-state index contributed by atoms with van der Waals surface area (Å²) in [6.07, 6.45) is 2.93. The number of aromatic amines is 2. The standard InChI is InChI=1S/C42H50N6O4/c1-25-19-35(47(23-25)39(49)51-41(3,4)5)37-43-22-34(46-37)30-15-13-28(14-16-30)27-9-11-29(12-10-27)31-17-18-32-33(21-31)45-38(44-32)36-20-26(2)24-48(36)40(50)52-42(6,7)8/h9-18,21-22,25-26,35-36H,19-20,23-24H2,1-8H3,(H,43,46)(H,44,45)/t25-,26-,35-,36-/m0/s1. The van der Waals surface area contributed by atoms with Crippen molar-refractivity contribution in [3.05, 3.63) is 84.6 Å². The number of likely N-dealkylation sites (tertiary alicyclic amines) is 2. The van der Waals surface area contributed by atoms with Crippen LogP contribution in [0.2, 0.25) is 0 Å². The predicted octanol–water partition coefficient (Wildman–Crippen LogP) is 9.92. The molecule has 0 saturated carbocycles. The molecule has 272 valence electrons. The molecule has 2 aliphatic heterocycles. The first-order chi connectivity index (χ1) is 24.6. The highest BCUT2D eigenvalue weighted by Crippen LogP contribution is 2.38. The van der Waals surface area contributed by atoms with E-state index in [2.05, 4.69) is 84.5 Å². The molecule has 0 bridgehead atoms. The van der Waals surface area contributed by atoms with E-state index in [-0.39, 0.29) is 24.3 Å². The van der Waals surface area contributed by atoms with Crippen LogP contribution in [0.3, 0.4) is 0 Å². The lowest BCUT2D eigenvalue weighted by Gasteiger charge is -2.27. The van der Waals surface area contributed by atoms with Crippen LogP contribution < -0.4 is 0 Å². The Morgan fingerprint density at radius 1 is 0.654 bits per heavy atom. The molecular formula is C42H50N6O4. The first kappa shape index (κ1) is 35.3. The molecule has 10 heteroatoms. The lowest BCUT2D eigenvalue weighted by Crippen LogP contribution is -2.37. The Morgan fingerprint density at radius 2 is 1.12 bits per heavy atom. The average Bonchev–Trinajstić information content (AvgIpc) is 3.88. The SMILES string of the molecule is C[C@H]1C[C@@H](c2ncc(-c3ccc(-c4ccc(-c5ccc6nc([C@@H]7C[C@H](C)CN7C(=O)OC(C)(C)C)[nH]c6c5)cc4)cc3)[nH]2)N(C(=O)OC(C)(C)C)C1. The third kappa shape index (κ3) is 7.56. The molecule has 2 N–H and O–H groups in total. The molecule has 0 radical (unpaired) electrons. The van der Waals surface area contributed by atoms with E-state index >= 15 is 0 Å². The number of nitrogens with one attached hydrogen (secondary N) is 2. The van der Waals surface area contributed by atoms with Gasteiger partial charge in [0.1, 0.15) is 22.9 Å². The number of nitrogens with zero attached hydrogens (tertiary/aromatic N) is 4. The Morgan fingerprint density at radius 3 is 1.63 bits per heavy atom. The summed E-state index contributed by atoms with van der Waals surface area (Å²) in [4.78, 5) is 46.2. The number of fused-ring (bicyclic) bond motifs is 1. The summed E-state index contributed by atoms with van der Waals surface area (Å²) in [7, 11) is 0. The van der Waals surface area contributed by atoms with Crippen molar-refractivity contribution in [2.75, 3.05) is 13.1 Å². The zero-order valence-corrected chi connectivity index (χ0v) is 31.5. The van der Waals surface area contributed by atoms with E-state index in [1.54, 1.807) is 4.90 Å². The fourth-order valence-corrected chi connectivity index (χ4v) is 7.37. The molecule has 2 aromatic heterocycles. The lowest BCUT2D eigenvalue weighted by atomic mass is 9.99. The molecule has 0 unspecified atom stereocenters. The number of H-pyrrole nitrogens is 2. The first-order valence-corrected chi connectivity index (χ1v) is 18.4. The van der Waals surface area contributed by atoms with Crippen molar-refractivity contribution in [3.8, 4) is 33.5 Å². The smallest absolute Gasteiger partial charge is 0.410 e. The molecule has 52 heavy (non-hydrogen) atoms. The van der Waals surface area contributed by atoms with E-state index in [9.17, 15) is 9.59 Å². The lowest BCUT2D eigenvalue weighted by molar-refractivity contribution is 0.0204. The minimum atomic E-state index is -0.552. The summed E-state index contributed by atoms with van der Waals surface area (Å²) < 4.78 is 11.4. The van der Waals surface area contributed by atoms with E-state index in [1.807, 2.05) is 58.7 Å². The normalized spacial score (nSPS) is 20.8. The molecule has 3 aromatic carbocycles. The van der Waals surface area contributed by atoms with Crippen LogP contribution in [0.1, 0.15) is 92.0 Å². The zero-order chi connectivity index (χ0) is 36.9. The zero-order valence-electron chi connectivity index (χ0n) is 31.5. The summed E-state index contributed by atoms with van der Waals surface area (Å²) in [5.41, 5.74) is 7.09. The van der Waals surface area contributed by atoms with Gasteiger partial charge in [-0.15, -0.1) is 0 Å². The van der Waals surface area contributed by atoms with Crippen LogP contribution in [0, 0.1) is 11.8 Å². The Bertz CT molecular complexity index is 2070. The highest BCUT2D eigenvalue weighted by molar-refractivity contribution is 5.83. The van der Waals surface area contributed by atoms with Gasteiger partial charge in [-0.05, 0) is 106 Å². The van der Waals surface area contributed by atoms with E-state index in [1.165, 1.54) is 0 Å². The summed E-state index contributed by atoms with van der Waals surface area (Å²) in [6.45, 7) is 17.0. The van der Waals surface area contributed by atoms with Crippen LogP contribution in [0.5, 0.6) is 0 Å². The highest BCUT2D eigenvalue weighted by Gasteiger charge is 2.39. The topological polar surface area (TPSA) is 116 Å². The number of carbonyl (C=O) groups excluding carboxylic acids is 2. The van der Waals surface area contributed by atoms with Crippen LogP contribution >= 0.6 is 0 Å². The van der Waals surface area contributed by atoms with Crippen molar-refractivity contribution < 1.29 is 19.1 Å². The molecule has 4 atom stereocenters. The van der Waals surface area contributed by atoms with Gasteiger partial charge in [-0.25, -0.2) is 19.6 Å². The molecule has 10 nitrogen and oxygen atoms in total. The van der Waals surface area contributed by atoms with Gasteiger partial charge in [-0.1, -0.05) is 68.4 Å². The highest BCUT2D eigenvalue weighted by atomic mass is 16.6. The number of aromatic nitrogens is 4. The third-order valence-corrected chi connectivity index (χ3v) is 9.75. The predicted molar refractivity (Wildman–Crippen MR) is 203 cm³/mol. The summed E-state index contributed by atoms with van der Waals surface area (Å²) in [5, 5.41) is 0. The van der Waals surface area contributed by atoms with Crippen molar-refractivity contribution in [1.29, 1.82) is 0 Å². The van der Waals surface area contributed by atoms with Crippen LogP contribution in [0.25, 0.3) is 44.5 Å². The second-order valence-electron chi connectivity index (χ2n) is 16.7. The molecule has 0 aliphatic carbocycles. The van der Waals surface area contributed by atoms with Crippen molar-refractivity contribution in [2.24, 2.45) is 11.8 Å². The monoisotopic (exact) mass is 702 g/mol. The maximum absolute atomic E-state index is 13.0. The molecule has 5 aromatic rings. The van der Waals surface area contributed by atoms with Crippen molar-refractivity contribution in [2.45, 2.75) is 91.5 Å². The number of imidazole rings is 2. The van der Waals surface area contributed by atoms with E-state index in [4.69, 9.17) is 19.4 Å². The number of benzene rings is 3. The Kier molecular flexibility index (Phi) is 9.13. The number of hydrogen-bond donors (Lipinski definition) is 2. The van der Waals surface area contributed by atoms with E-state index < -0.39 is 11.2 Å². The van der Waals surface area contributed by atoms with Gasteiger partial charge in [0, 0.05) is 13.1 Å². The molecule has 2 saturated heterocycles. The minimum absolute atomic E-state index is 0.141. The Labute approximate surface area is 305 Å². The van der Waals surface area contributed by atoms with Gasteiger partial charge < -0.3 is 19.4 Å². The van der Waals surface area contributed by atoms with Gasteiger partial charge in [0.2, 0.25) is 0 Å². The molecule has 2 amide bonds. The van der Waals surface area contributed by atoms with Gasteiger partial charge in [0.05, 0.1) is 35.0 Å². The molecule has 0 spiro atoms. The van der Waals surface area contributed by atoms with Crippen molar-refractivity contribution in [1.82, 2.24) is 29.7 Å². The van der Waals surface area contributed by atoms with Gasteiger partial charge in [-0.2, -0.15) is 0 Å². The van der Waals surface area contributed by atoms with Gasteiger partial charge in [0.25, 0.3) is 0 Å². The summed E-state index contributed by atoms with van der Waals surface area (Å²) in [6, 6.07) is 23.0. The van der Waals surface area contributed by atoms with E-state index in [0.717, 1.165) is 69.0 Å². The number of amides is 2. The first-order valence-electron chi connectivity index (χ1n) is 18.4. The van der Waals surface area contributed by atoms with E-state index in [0.29, 0.717) is 24.9 Å². The van der Waals surface area contributed by atoms with Crippen LogP contribution in [0.4, 0.5) is 9.59 Å². The van der Waals surface area contributed by atoms with Crippen molar-refractivity contribution >= 4 is 23.2 Å². The number of hydrogen-bond acceptors (Lipinski definition) is 6. The fraction of sp³-hybridized carbons (Fsp3) is 0.429. The number of ether oxygens (including phenoxy) is 2. The van der Waals surface area contributed by atoms with Crippen molar-refractivity contribution in [3.63, 3.8) is 0 Å². The molecule has 2 aliphatic rings. The Hall–Kier alpha value is -5.12. The van der Waals surface area contributed by atoms with Gasteiger partial charge in [-0.3, -0.25) is 9.80 Å². The summed E-state index contributed by atoms with van der Waals surface area (Å²) in [5.74, 6) is 2.30. The molecule has 4 heterocycles. The quantitative estimate of drug-likeness (QED) is 0.188. The largest absolute Gasteiger partial charge is 0.444 e. The maximum Gasteiger partial charge on any atom is 0.410 e. The minimum Gasteiger partial charge on any atom is -0.444 e. The maximum atomic E-state index is 13.0. The molecular weight excluding hydrogens is 653 g/mol. The van der Waals surface area contributed by atoms with Crippen LogP contribution in [-0.4, -0.2) is 66.2 Å². The van der Waals surface area contributed by atoms with Crippen LogP contribution in [-0.2, 0) is 9.47 Å². The summed E-state index contributed by atoms with van der Waals surface area (Å²) >= 11 is 0. The van der Waals surface area contributed by atoms with Crippen LogP contribution in [0.15, 0.2) is 72.9 Å². The second kappa shape index (κ2) is 13.5. The fourth-order valence-electron chi connectivity index (χ4n) is 7.37. The van der Waals surface area contributed by atoms with Gasteiger partial charge in [0.15, 0.2) is 0 Å². The average molecular weight is 703 g/mol. The number of rotatable bonds is 5. The third-order valence-electron chi connectivity index (χ3n) is 9.75. The number of carbonyl (C=O) groups is 2. The molecule has 2 fully saturated rings.